The van der Waals surface area contributed by atoms with Crippen molar-refractivity contribution in [3.63, 3.8) is 0 Å². The summed E-state index contributed by atoms with van der Waals surface area (Å²) in [6, 6.07) is 8.51. The van der Waals surface area contributed by atoms with Gasteiger partial charge in [-0.25, -0.2) is 9.67 Å². The Morgan fingerprint density at radius 2 is 1.97 bits per heavy atom. The number of nitrogens with one attached hydrogen (secondary N) is 1. The Hall–Kier alpha value is -3.62. The first-order chi connectivity index (χ1) is 14.4. The van der Waals surface area contributed by atoms with E-state index in [1.54, 1.807) is 22.9 Å². The lowest BCUT2D eigenvalue weighted by molar-refractivity contribution is -0.116. The first-order valence-electron chi connectivity index (χ1n) is 9.78. The van der Waals surface area contributed by atoms with Gasteiger partial charge in [-0.3, -0.25) is 14.2 Å². The Bertz CT molecular complexity index is 1160. The summed E-state index contributed by atoms with van der Waals surface area (Å²) < 4.78 is 13.6. The lowest BCUT2D eigenvalue weighted by atomic mass is 10.2. The van der Waals surface area contributed by atoms with E-state index in [1.165, 1.54) is 10.6 Å². The van der Waals surface area contributed by atoms with Crippen LogP contribution in [0.25, 0.3) is 5.95 Å². The van der Waals surface area contributed by atoms with Gasteiger partial charge >= 0.3 is 0 Å². The van der Waals surface area contributed by atoms with E-state index in [0.29, 0.717) is 35.2 Å². The Morgan fingerprint density at radius 1 is 1.17 bits per heavy atom. The number of amides is 1. The number of nitrogens with zero attached hydrogens (tertiary/aromatic N) is 4. The number of carbonyl (C=O) groups is 1. The molecule has 0 unspecified atom stereocenters. The van der Waals surface area contributed by atoms with Crippen LogP contribution < -0.4 is 20.3 Å². The maximum atomic E-state index is 12.8. The van der Waals surface area contributed by atoms with Crippen LogP contribution in [0.15, 0.2) is 35.1 Å². The molecule has 1 aromatic carbocycles. The van der Waals surface area contributed by atoms with Crippen molar-refractivity contribution in [1.29, 1.82) is 0 Å². The molecule has 0 spiro atoms. The van der Waals surface area contributed by atoms with Gasteiger partial charge in [0.1, 0.15) is 6.54 Å². The molecule has 0 atom stereocenters. The summed E-state index contributed by atoms with van der Waals surface area (Å²) >= 11 is 0. The Labute approximate surface area is 173 Å². The highest BCUT2D eigenvalue weighted by atomic mass is 16.7. The van der Waals surface area contributed by atoms with Crippen LogP contribution in [0, 0.1) is 13.8 Å². The molecule has 1 aliphatic rings. The van der Waals surface area contributed by atoms with Crippen LogP contribution >= 0.6 is 0 Å². The van der Waals surface area contributed by atoms with E-state index in [4.69, 9.17) is 9.47 Å². The number of hydrogen-bond donors (Lipinski definition) is 1. The zero-order chi connectivity index (χ0) is 21.3. The number of benzene rings is 1. The second kappa shape index (κ2) is 8.02. The molecule has 2 aromatic heterocycles. The normalized spacial score (nSPS) is 12.2. The van der Waals surface area contributed by atoms with Gasteiger partial charge in [0.2, 0.25) is 18.6 Å². The van der Waals surface area contributed by atoms with Crippen molar-refractivity contribution in [2.45, 2.75) is 40.2 Å². The summed E-state index contributed by atoms with van der Waals surface area (Å²) in [7, 11) is 0. The first-order valence-corrected chi connectivity index (χ1v) is 9.78. The molecule has 0 aliphatic carbocycles. The van der Waals surface area contributed by atoms with Crippen LogP contribution in [0.4, 0.5) is 5.69 Å². The van der Waals surface area contributed by atoms with Crippen LogP contribution in [0.5, 0.6) is 11.5 Å². The van der Waals surface area contributed by atoms with Gasteiger partial charge in [0.15, 0.2) is 11.5 Å². The van der Waals surface area contributed by atoms with E-state index in [-0.39, 0.29) is 24.8 Å². The monoisotopic (exact) mass is 409 g/mol. The topological polar surface area (TPSA) is 100 Å². The van der Waals surface area contributed by atoms with Crippen molar-refractivity contribution in [1.82, 2.24) is 19.3 Å². The molecule has 0 fully saturated rings. The molecule has 30 heavy (non-hydrogen) atoms. The fourth-order valence-corrected chi connectivity index (χ4v) is 3.38. The van der Waals surface area contributed by atoms with Crippen LogP contribution in [0.3, 0.4) is 0 Å². The van der Waals surface area contributed by atoms with Crippen molar-refractivity contribution in [2.75, 3.05) is 12.1 Å². The van der Waals surface area contributed by atoms with Gasteiger partial charge in [-0.2, -0.15) is 5.10 Å². The van der Waals surface area contributed by atoms with Crippen molar-refractivity contribution < 1.29 is 14.3 Å². The average Bonchev–Trinajstić information content (AvgIpc) is 3.29. The Balaban J connectivity index is 1.65. The minimum atomic E-state index is -0.358. The molecule has 156 valence electrons. The van der Waals surface area contributed by atoms with Gasteiger partial charge in [0.25, 0.3) is 5.56 Å². The number of ether oxygens (including phenoxy) is 2. The predicted octanol–water partition coefficient (Wildman–Crippen LogP) is 2.37. The minimum absolute atomic E-state index is 0.157. The largest absolute Gasteiger partial charge is 0.454 e. The standard InChI is InChI=1S/C21H23N5O4/c1-4-5-15-10-20(28)25(21(23-15)26-14(3)8-13(2)24-26)11-19(27)22-16-6-7-17-18(9-16)30-12-29-17/h6-10H,4-5,11-12H2,1-3H3,(H,22,27). The fourth-order valence-electron chi connectivity index (χ4n) is 3.38. The van der Waals surface area contributed by atoms with Crippen LogP contribution in [0.2, 0.25) is 0 Å². The number of carbonyl (C=O) groups excluding carboxylic acids is 1. The third-order valence-corrected chi connectivity index (χ3v) is 4.70. The summed E-state index contributed by atoms with van der Waals surface area (Å²) in [6.07, 6.45) is 1.53. The second-order valence-corrected chi connectivity index (χ2v) is 7.18. The molecule has 0 saturated heterocycles. The second-order valence-electron chi connectivity index (χ2n) is 7.18. The third kappa shape index (κ3) is 3.91. The molecule has 4 rings (SSSR count). The zero-order valence-electron chi connectivity index (χ0n) is 17.1. The summed E-state index contributed by atoms with van der Waals surface area (Å²) in [4.78, 5) is 30.2. The quantitative estimate of drug-likeness (QED) is 0.671. The molecule has 0 radical (unpaired) electrons. The van der Waals surface area contributed by atoms with Crippen molar-refractivity contribution in [3.05, 3.63) is 57.8 Å². The van der Waals surface area contributed by atoms with E-state index in [0.717, 1.165) is 17.8 Å². The lowest BCUT2D eigenvalue weighted by Crippen LogP contribution is -2.32. The number of aromatic nitrogens is 4. The number of rotatable bonds is 6. The molecule has 9 heteroatoms. The maximum absolute atomic E-state index is 12.8. The highest BCUT2D eigenvalue weighted by Gasteiger charge is 2.18. The molecule has 3 heterocycles. The average molecular weight is 409 g/mol. The van der Waals surface area contributed by atoms with E-state index < -0.39 is 0 Å². The lowest BCUT2D eigenvalue weighted by Gasteiger charge is -2.14. The van der Waals surface area contributed by atoms with E-state index in [2.05, 4.69) is 15.4 Å². The third-order valence-electron chi connectivity index (χ3n) is 4.70. The van der Waals surface area contributed by atoms with Gasteiger partial charge in [0.05, 0.1) is 5.69 Å². The van der Waals surface area contributed by atoms with Crippen LogP contribution in [0.1, 0.15) is 30.4 Å². The summed E-state index contributed by atoms with van der Waals surface area (Å²) in [5, 5.41) is 7.24. The van der Waals surface area contributed by atoms with Crippen molar-refractivity contribution in [2.24, 2.45) is 0 Å². The number of hydrogen-bond acceptors (Lipinski definition) is 6. The Morgan fingerprint density at radius 3 is 2.70 bits per heavy atom. The van der Waals surface area contributed by atoms with Crippen molar-refractivity contribution in [3.8, 4) is 17.4 Å². The fraction of sp³-hybridized carbons (Fsp3) is 0.333. The predicted molar refractivity (Wildman–Crippen MR) is 110 cm³/mol. The summed E-state index contributed by atoms with van der Waals surface area (Å²) in [6.45, 7) is 5.74. The number of aryl methyl sites for hydroxylation is 3. The molecule has 0 saturated carbocycles. The van der Waals surface area contributed by atoms with Gasteiger partial charge in [0, 0.05) is 29.2 Å². The highest BCUT2D eigenvalue weighted by Crippen LogP contribution is 2.34. The smallest absolute Gasteiger partial charge is 0.255 e. The van der Waals surface area contributed by atoms with E-state index >= 15 is 0 Å². The molecule has 1 N–H and O–H groups in total. The molecule has 0 bridgehead atoms. The SMILES string of the molecule is CCCc1cc(=O)n(CC(=O)Nc2ccc3c(c2)OCO3)c(-n2nc(C)cc2C)n1. The van der Waals surface area contributed by atoms with Gasteiger partial charge in [-0.05, 0) is 38.5 Å². The summed E-state index contributed by atoms with van der Waals surface area (Å²) in [5.41, 5.74) is 2.58. The van der Waals surface area contributed by atoms with Crippen LogP contribution in [-0.2, 0) is 17.8 Å². The molecular formula is C21H23N5O4. The zero-order valence-corrected chi connectivity index (χ0v) is 17.1. The number of fused-ring (bicyclic) bond motifs is 1. The maximum Gasteiger partial charge on any atom is 0.255 e. The number of anilines is 1. The molecule has 3 aromatic rings. The highest BCUT2D eigenvalue weighted by molar-refractivity contribution is 5.91. The summed E-state index contributed by atoms with van der Waals surface area (Å²) in [5.74, 6) is 1.17. The van der Waals surface area contributed by atoms with E-state index in [9.17, 15) is 9.59 Å². The van der Waals surface area contributed by atoms with Gasteiger partial charge in [-0.1, -0.05) is 13.3 Å². The first kappa shape index (κ1) is 19.7. The Kier molecular flexibility index (Phi) is 5.26. The van der Waals surface area contributed by atoms with Gasteiger partial charge < -0.3 is 14.8 Å². The van der Waals surface area contributed by atoms with E-state index in [1.807, 2.05) is 26.8 Å². The van der Waals surface area contributed by atoms with Crippen molar-refractivity contribution >= 4 is 11.6 Å². The molecule has 1 amide bonds. The van der Waals surface area contributed by atoms with Gasteiger partial charge in [-0.15, -0.1) is 0 Å². The molecular weight excluding hydrogens is 386 g/mol. The molecule has 9 nitrogen and oxygen atoms in total. The molecule has 1 aliphatic heterocycles. The minimum Gasteiger partial charge on any atom is -0.454 e. The van der Waals surface area contributed by atoms with Crippen LogP contribution in [-0.4, -0.2) is 32.0 Å².